The van der Waals surface area contributed by atoms with Crippen LogP contribution >= 0.6 is 0 Å². The number of rotatable bonds is 8. The second-order valence-corrected chi connectivity index (χ2v) is 5.31. The smallest absolute Gasteiger partial charge is 0.311 e. The predicted octanol–water partition coefficient (Wildman–Crippen LogP) is 2.32. The molecule has 0 aliphatic carbocycles. The lowest BCUT2D eigenvalue weighted by Crippen LogP contribution is -2.45. The normalized spacial score (nSPS) is 12.6. The van der Waals surface area contributed by atoms with E-state index in [1.54, 1.807) is 0 Å². The maximum atomic E-state index is 11.6. The van der Waals surface area contributed by atoms with Gasteiger partial charge in [0.2, 0.25) is 0 Å². The molecule has 0 aliphatic heterocycles. The number of hydrogen-bond acceptors (Lipinski definition) is 4. The fourth-order valence-electron chi connectivity index (χ4n) is 1.45. The number of carbonyl (C=O) groups is 1. The summed E-state index contributed by atoms with van der Waals surface area (Å²) in [5.74, 6) is -0.176. The Morgan fingerprint density at radius 2 is 1.61 bits per heavy atom. The van der Waals surface area contributed by atoms with Crippen LogP contribution in [0.4, 0.5) is 0 Å². The molecule has 108 valence electrons. The highest BCUT2D eigenvalue weighted by molar-refractivity contribution is 5.75. The Balaban J connectivity index is 3.97. The zero-order valence-electron chi connectivity index (χ0n) is 12.6. The summed E-state index contributed by atoms with van der Waals surface area (Å²) in [6, 6.07) is 0. The lowest BCUT2D eigenvalue weighted by Gasteiger charge is -2.27. The summed E-state index contributed by atoms with van der Waals surface area (Å²) in [7, 11) is 1.86. The van der Waals surface area contributed by atoms with Gasteiger partial charge in [0.25, 0.3) is 0 Å². The molecule has 0 N–H and O–H groups in total. The highest BCUT2D eigenvalue weighted by Gasteiger charge is 2.26. The van der Waals surface area contributed by atoms with Gasteiger partial charge in [-0.1, -0.05) is 0 Å². The molecule has 0 heterocycles. The minimum absolute atomic E-state index is 0.0973. The van der Waals surface area contributed by atoms with Gasteiger partial charge in [-0.3, -0.25) is 4.79 Å². The lowest BCUT2D eigenvalue weighted by molar-refractivity contribution is -1.23. The number of carbonyl (C=O) groups excluding carboxylic acids is 1. The third-order valence-corrected chi connectivity index (χ3v) is 2.36. The van der Waals surface area contributed by atoms with E-state index < -0.39 is 5.41 Å². The first kappa shape index (κ1) is 17.4. The number of nitrogens with zero attached hydrogens (tertiary/aromatic N) is 1. The molecular weight excluding hydrogens is 234 g/mol. The Labute approximate surface area is 110 Å². The number of hydroxylamine groups is 4. The topological polar surface area (TPSA) is 44.8 Å². The van der Waals surface area contributed by atoms with Gasteiger partial charge in [-0.15, -0.1) is 0 Å². The van der Waals surface area contributed by atoms with E-state index in [0.717, 1.165) is 0 Å². The molecule has 0 atom stereocenters. The first-order valence-electron chi connectivity index (χ1n) is 6.57. The van der Waals surface area contributed by atoms with Crippen LogP contribution in [0.3, 0.4) is 0 Å². The van der Waals surface area contributed by atoms with E-state index in [1.165, 1.54) is 0 Å². The summed E-state index contributed by atoms with van der Waals surface area (Å²) in [6.45, 7) is 11.6. The van der Waals surface area contributed by atoms with Gasteiger partial charge in [0.1, 0.15) is 26.8 Å². The molecule has 0 spiro atoms. The Kier molecular flexibility index (Phi) is 7.43. The van der Waals surface area contributed by atoms with E-state index in [1.807, 2.05) is 41.7 Å². The van der Waals surface area contributed by atoms with Crippen LogP contribution in [0.5, 0.6) is 0 Å². The molecule has 0 amide bonds. The third kappa shape index (κ3) is 6.93. The first-order chi connectivity index (χ1) is 8.25. The Morgan fingerprint density at radius 3 is 2.00 bits per heavy atom. The molecule has 18 heavy (non-hydrogen) atoms. The van der Waals surface area contributed by atoms with E-state index in [9.17, 15) is 4.79 Å². The molecule has 0 aliphatic rings. The zero-order chi connectivity index (χ0) is 14.2. The molecule has 0 unspecified atom stereocenters. The highest BCUT2D eigenvalue weighted by Crippen LogP contribution is 2.15. The van der Waals surface area contributed by atoms with Crippen LogP contribution < -0.4 is 0 Å². The van der Waals surface area contributed by atoms with Crippen molar-refractivity contribution < 1.29 is 24.0 Å². The number of esters is 1. The van der Waals surface area contributed by atoms with Crippen molar-refractivity contribution in [2.45, 2.75) is 41.0 Å². The SMILES string of the molecule is CCO[N+](C)(CCCOC(=O)C(C)(C)C)OCC. The van der Waals surface area contributed by atoms with Crippen LogP contribution in [0, 0.1) is 5.41 Å². The van der Waals surface area contributed by atoms with Crippen molar-refractivity contribution in [3.63, 3.8) is 0 Å². The van der Waals surface area contributed by atoms with E-state index in [0.29, 0.717) is 32.8 Å². The largest absolute Gasteiger partial charge is 0.465 e. The van der Waals surface area contributed by atoms with Gasteiger partial charge in [-0.25, -0.2) is 0 Å². The molecular formula is C13H28NO4+. The van der Waals surface area contributed by atoms with Crippen molar-refractivity contribution in [1.29, 1.82) is 0 Å². The van der Waals surface area contributed by atoms with Gasteiger partial charge < -0.3 is 4.74 Å². The van der Waals surface area contributed by atoms with E-state index >= 15 is 0 Å². The molecule has 0 bridgehead atoms. The third-order valence-electron chi connectivity index (χ3n) is 2.36. The van der Waals surface area contributed by atoms with Gasteiger partial charge in [0.15, 0.2) is 0 Å². The van der Waals surface area contributed by atoms with Crippen molar-refractivity contribution in [3.05, 3.63) is 0 Å². The maximum absolute atomic E-state index is 11.6. The van der Waals surface area contributed by atoms with E-state index in [4.69, 9.17) is 14.4 Å². The van der Waals surface area contributed by atoms with Gasteiger partial charge in [-0.05, 0) is 39.4 Å². The summed E-state index contributed by atoms with van der Waals surface area (Å²) < 4.78 is 5.20. The molecule has 0 fully saturated rings. The fourth-order valence-corrected chi connectivity index (χ4v) is 1.45. The van der Waals surface area contributed by atoms with Crippen molar-refractivity contribution in [3.8, 4) is 0 Å². The quantitative estimate of drug-likeness (QED) is 0.291. The first-order valence-corrected chi connectivity index (χ1v) is 6.57. The van der Waals surface area contributed by atoms with Crippen LogP contribution in [0.1, 0.15) is 41.0 Å². The van der Waals surface area contributed by atoms with E-state index in [2.05, 4.69) is 0 Å². The summed E-state index contributed by atoms with van der Waals surface area (Å²) >= 11 is 0. The minimum atomic E-state index is -0.446. The summed E-state index contributed by atoms with van der Waals surface area (Å²) in [6.07, 6.45) is 0.707. The number of hydrogen-bond donors (Lipinski definition) is 0. The Hall–Kier alpha value is -0.650. The number of quaternary nitrogens is 1. The highest BCUT2D eigenvalue weighted by atomic mass is 17.0. The van der Waals surface area contributed by atoms with Gasteiger partial charge in [-0.2, -0.15) is 9.68 Å². The molecule has 5 nitrogen and oxygen atoms in total. The van der Waals surface area contributed by atoms with Gasteiger partial charge >= 0.3 is 5.97 Å². The average Bonchev–Trinajstić information content (AvgIpc) is 2.23. The molecule has 0 rings (SSSR count). The molecule has 0 aromatic carbocycles. The van der Waals surface area contributed by atoms with E-state index in [-0.39, 0.29) is 10.8 Å². The number of ether oxygens (including phenoxy) is 1. The van der Waals surface area contributed by atoms with Crippen LogP contribution in [-0.2, 0) is 19.2 Å². The summed E-state index contributed by atoms with van der Waals surface area (Å²) in [5, 5.41) is 0. The lowest BCUT2D eigenvalue weighted by atomic mass is 9.97. The monoisotopic (exact) mass is 262 g/mol. The molecule has 0 aromatic rings. The Bertz CT molecular complexity index is 242. The van der Waals surface area contributed by atoms with Crippen molar-refractivity contribution in [2.24, 2.45) is 5.41 Å². The summed E-state index contributed by atoms with van der Waals surface area (Å²) in [4.78, 5) is 22.7. The average molecular weight is 262 g/mol. The predicted molar refractivity (Wildman–Crippen MR) is 69.3 cm³/mol. The van der Waals surface area contributed by atoms with Crippen LogP contribution in [-0.4, -0.2) is 44.2 Å². The molecule has 0 saturated heterocycles. The van der Waals surface area contributed by atoms with Crippen molar-refractivity contribution in [1.82, 2.24) is 0 Å². The fraction of sp³-hybridized carbons (Fsp3) is 0.923. The molecule has 0 aromatic heterocycles. The van der Waals surface area contributed by atoms with Gasteiger partial charge in [0.05, 0.1) is 12.0 Å². The van der Waals surface area contributed by atoms with Gasteiger partial charge in [0, 0.05) is 6.42 Å². The maximum Gasteiger partial charge on any atom is 0.311 e. The van der Waals surface area contributed by atoms with Crippen molar-refractivity contribution >= 4 is 5.97 Å². The minimum Gasteiger partial charge on any atom is -0.465 e. The molecule has 0 saturated carbocycles. The molecule has 0 radical (unpaired) electrons. The second kappa shape index (κ2) is 7.71. The van der Waals surface area contributed by atoms with Crippen LogP contribution in [0.15, 0.2) is 0 Å². The van der Waals surface area contributed by atoms with Crippen LogP contribution in [0.25, 0.3) is 0 Å². The second-order valence-electron chi connectivity index (χ2n) is 5.31. The summed E-state index contributed by atoms with van der Waals surface area (Å²) in [5.41, 5.74) is -0.446. The molecule has 5 heteroatoms. The van der Waals surface area contributed by atoms with Crippen LogP contribution in [0.2, 0.25) is 0 Å². The Morgan fingerprint density at radius 1 is 1.11 bits per heavy atom. The standard InChI is InChI=1S/C13H28NO4/c1-7-17-14(6,18-8-2)10-9-11-16-12(15)13(3,4)5/h7-11H2,1-6H3/q+1. The van der Waals surface area contributed by atoms with Crippen molar-refractivity contribution in [2.75, 3.05) is 33.4 Å². The zero-order valence-corrected chi connectivity index (χ0v) is 12.6.